The van der Waals surface area contributed by atoms with Gasteiger partial charge in [0.05, 0.1) is 12.8 Å². The van der Waals surface area contributed by atoms with Crippen LogP contribution in [0.1, 0.15) is 18.9 Å². The van der Waals surface area contributed by atoms with Crippen molar-refractivity contribution in [3.8, 4) is 5.75 Å². The number of amides is 2. The van der Waals surface area contributed by atoms with Crippen molar-refractivity contribution in [2.45, 2.75) is 20.3 Å². The topological polar surface area (TPSA) is 67.9 Å². The number of nitrogens with zero attached hydrogens (tertiary/aromatic N) is 1. The summed E-state index contributed by atoms with van der Waals surface area (Å²) in [6.07, 6.45) is 0.732. The lowest BCUT2D eigenvalue weighted by atomic mass is 10.2. The Labute approximate surface area is 131 Å². The Bertz CT molecular complexity index is 517. The van der Waals surface area contributed by atoms with Gasteiger partial charge in [-0.2, -0.15) is 0 Å². The van der Waals surface area contributed by atoms with Crippen molar-refractivity contribution in [3.05, 3.63) is 23.8 Å². The van der Waals surface area contributed by atoms with E-state index in [2.05, 4.69) is 5.32 Å². The first-order valence-corrected chi connectivity index (χ1v) is 7.18. The number of carbonyl (C=O) groups excluding carboxylic acids is 2. The number of aryl methyl sites for hydroxylation is 1. The van der Waals surface area contributed by atoms with Crippen LogP contribution in [0.2, 0.25) is 0 Å². The number of benzene rings is 1. The van der Waals surface area contributed by atoms with Gasteiger partial charge in [0.15, 0.2) is 0 Å². The molecule has 0 heterocycles. The highest BCUT2D eigenvalue weighted by Gasteiger charge is 2.19. The van der Waals surface area contributed by atoms with E-state index in [1.54, 1.807) is 13.2 Å². The maximum atomic E-state index is 12.0. The summed E-state index contributed by atoms with van der Waals surface area (Å²) >= 11 is 0. The van der Waals surface area contributed by atoms with Crippen molar-refractivity contribution < 1.29 is 19.1 Å². The second-order valence-corrected chi connectivity index (χ2v) is 4.98. The molecule has 0 aromatic heterocycles. The van der Waals surface area contributed by atoms with Crippen LogP contribution in [0.25, 0.3) is 0 Å². The maximum absolute atomic E-state index is 12.0. The minimum Gasteiger partial charge on any atom is -0.495 e. The lowest BCUT2D eigenvalue weighted by Crippen LogP contribution is -2.40. The summed E-state index contributed by atoms with van der Waals surface area (Å²) in [5.74, 6) is 0.138. The number of methoxy groups -OCH3 is 2. The minimum absolute atomic E-state index is 0.0396. The third kappa shape index (κ3) is 5.37. The molecule has 2 amide bonds. The molecule has 22 heavy (non-hydrogen) atoms. The predicted molar refractivity (Wildman–Crippen MR) is 85.3 cm³/mol. The fourth-order valence-electron chi connectivity index (χ4n) is 2.02. The van der Waals surface area contributed by atoms with Gasteiger partial charge in [-0.1, -0.05) is 6.07 Å². The van der Waals surface area contributed by atoms with Gasteiger partial charge >= 0.3 is 0 Å². The molecule has 6 heteroatoms. The minimum atomic E-state index is -0.213. The molecular formula is C16H24N2O4. The zero-order valence-corrected chi connectivity index (χ0v) is 13.6. The summed E-state index contributed by atoms with van der Waals surface area (Å²) in [7, 11) is 3.15. The number of ether oxygens (including phenoxy) is 2. The molecular weight excluding hydrogens is 284 g/mol. The normalized spacial score (nSPS) is 10.2. The molecule has 0 bridgehead atoms. The second-order valence-electron chi connectivity index (χ2n) is 4.98. The van der Waals surface area contributed by atoms with Crippen molar-refractivity contribution >= 4 is 17.5 Å². The van der Waals surface area contributed by atoms with E-state index in [0.29, 0.717) is 24.6 Å². The fourth-order valence-corrected chi connectivity index (χ4v) is 2.02. The lowest BCUT2D eigenvalue weighted by Gasteiger charge is -2.23. The van der Waals surface area contributed by atoms with Crippen LogP contribution in [0, 0.1) is 6.92 Å². The Kier molecular flexibility index (Phi) is 7.39. The molecule has 0 atom stereocenters. The highest BCUT2D eigenvalue weighted by atomic mass is 16.5. The van der Waals surface area contributed by atoms with Crippen LogP contribution in [0.3, 0.4) is 0 Å². The van der Waals surface area contributed by atoms with Crippen LogP contribution in [-0.2, 0) is 14.3 Å². The quantitative estimate of drug-likeness (QED) is 0.739. The van der Waals surface area contributed by atoms with Gasteiger partial charge in [0.1, 0.15) is 12.3 Å². The molecule has 0 spiro atoms. The number of anilines is 1. The summed E-state index contributed by atoms with van der Waals surface area (Å²) in [6.45, 7) is 4.42. The number of hydrogen-bond acceptors (Lipinski definition) is 4. The van der Waals surface area contributed by atoms with Gasteiger partial charge in [0.25, 0.3) is 0 Å². The molecule has 0 saturated carbocycles. The first kappa shape index (κ1) is 18.0. The number of rotatable bonds is 8. The van der Waals surface area contributed by atoms with Crippen LogP contribution < -0.4 is 15.0 Å². The average molecular weight is 308 g/mol. The predicted octanol–water partition coefficient (Wildman–Crippen LogP) is 1.51. The van der Waals surface area contributed by atoms with Crippen molar-refractivity contribution in [2.24, 2.45) is 0 Å². The first-order valence-electron chi connectivity index (χ1n) is 7.18. The highest BCUT2D eigenvalue weighted by Crippen LogP contribution is 2.29. The van der Waals surface area contributed by atoms with Gasteiger partial charge in [-0.15, -0.1) is 0 Å². The standard InChI is InChI=1S/C16H24N2O4/c1-12-6-7-15(22-4)14(10-12)18(13(2)19)11-16(20)17-8-5-9-21-3/h6-7,10H,5,8-9,11H2,1-4H3,(H,17,20). The Morgan fingerprint density at radius 1 is 1.27 bits per heavy atom. The molecule has 1 aromatic rings. The van der Waals surface area contributed by atoms with Gasteiger partial charge in [0, 0.05) is 27.2 Å². The molecule has 0 radical (unpaired) electrons. The van der Waals surface area contributed by atoms with Crippen LogP contribution >= 0.6 is 0 Å². The van der Waals surface area contributed by atoms with Gasteiger partial charge in [-0.3, -0.25) is 14.5 Å². The van der Waals surface area contributed by atoms with E-state index < -0.39 is 0 Å². The first-order chi connectivity index (χ1) is 10.5. The molecule has 0 aliphatic heterocycles. The van der Waals surface area contributed by atoms with Gasteiger partial charge < -0.3 is 14.8 Å². The van der Waals surface area contributed by atoms with E-state index in [9.17, 15) is 9.59 Å². The Balaban J connectivity index is 2.80. The van der Waals surface area contributed by atoms with E-state index in [4.69, 9.17) is 9.47 Å². The van der Waals surface area contributed by atoms with Gasteiger partial charge in [-0.25, -0.2) is 0 Å². The summed E-state index contributed by atoms with van der Waals surface area (Å²) in [4.78, 5) is 25.3. The van der Waals surface area contributed by atoms with E-state index in [-0.39, 0.29) is 18.4 Å². The van der Waals surface area contributed by atoms with E-state index in [0.717, 1.165) is 12.0 Å². The highest BCUT2D eigenvalue weighted by molar-refractivity contribution is 5.98. The molecule has 0 unspecified atom stereocenters. The Morgan fingerprint density at radius 2 is 2.00 bits per heavy atom. The molecule has 1 rings (SSSR count). The largest absolute Gasteiger partial charge is 0.495 e. The summed E-state index contributed by atoms with van der Waals surface area (Å²) in [5, 5.41) is 2.77. The van der Waals surface area contributed by atoms with Crippen molar-refractivity contribution in [3.63, 3.8) is 0 Å². The van der Waals surface area contributed by atoms with Crippen LogP contribution in [-0.4, -0.2) is 45.7 Å². The van der Waals surface area contributed by atoms with Crippen molar-refractivity contribution in [2.75, 3.05) is 38.8 Å². The molecule has 1 aromatic carbocycles. The summed E-state index contributed by atoms with van der Waals surface area (Å²) < 4.78 is 10.2. The van der Waals surface area contributed by atoms with Gasteiger partial charge in [0.2, 0.25) is 11.8 Å². The van der Waals surface area contributed by atoms with Crippen LogP contribution in [0.15, 0.2) is 18.2 Å². The number of carbonyl (C=O) groups is 2. The lowest BCUT2D eigenvalue weighted by molar-refractivity contribution is -0.123. The second kappa shape index (κ2) is 9.04. The van der Waals surface area contributed by atoms with Crippen LogP contribution in [0.5, 0.6) is 5.75 Å². The molecule has 0 fully saturated rings. The zero-order chi connectivity index (χ0) is 16.5. The molecule has 0 aliphatic rings. The van der Waals surface area contributed by atoms with E-state index in [1.807, 2.05) is 19.1 Å². The van der Waals surface area contributed by atoms with Crippen LogP contribution in [0.4, 0.5) is 5.69 Å². The zero-order valence-electron chi connectivity index (χ0n) is 13.6. The number of hydrogen-bond donors (Lipinski definition) is 1. The molecule has 122 valence electrons. The van der Waals surface area contributed by atoms with E-state index >= 15 is 0 Å². The SMILES string of the molecule is COCCCNC(=O)CN(C(C)=O)c1cc(C)ccc1OC. The Morgan fingerprint density at radius 3 is 2.59 bits per heavy atom. The van der Waals surface area contributed by atoms with Crippen molar-refractivity contribution in [1.29, 1.82) is 0 Å². The fraction of sp³-hybridized carbons (Fsp3) is 0.500. The molecule has 6 nitrogen and oxygen atoms in total. The average Bonchev–Trinajstić information content (AvgIpc) is 2.49. The van der Waals surface area contributed by atoms with E-state index in [1.165, 1.54) is 18.9 Å². The molecule has 0 saturated heterocycles. The Hall–Kier alpha value is -2.08. The summed E-state index contributed by atoms with van der Waals surface area (Å²) in [6, 6.07) is 5.51. The molecule has 1 N–H and O–H groups in total. The third-order valence-corrected chi connectivity index (χ3v) is 3.15. The number of nitrogens with one attached hydrogen (secondary N) is 1. The van der Waals surface area contributed by atoms with Crippen molar-refractivity contribution in [1.82, 2.24) is 5.32 Å². The maximum Gasteiger partial charge on any atom is 0.240 e. The monoisotopic (exact) mass is 308 g/mol. The smallest absolute Gasteiger partial charge is 0.240 e. The van der Waals surface area contributed by atoms with Gasteiger partial charge in [-0.05, 0) is 31.0 Å². The summed E-state index contributed by atoms with van der Waals surface area (Å²) in [5.41, 5.74) is 1.59. The molecule has 0 aliphatic carbocycles. The third-order valence-electron chi connectivity index (χ3n) is 3.15.